The van der Waals surface area contributed by atoms with E-state index in [2.05, 4.69) is 10.1 Å². The third-order valence-corrected chi connectivity index (χ3v) is 5.80. The summed E-state index contributed by atoms with van der Waals surface area (Å²) in [5.74, 6) is -0.353. The van der Waals surface area contributed by atoms with Crippen molar-refractivity contribution in [3.63, 3.8) is 0 Å². The molecule has 1 aliphatic carbocycles. The Bertz CT molecular complexity index is 929. The van der Waals surface area contributed by atoms with E-state index in [0.29, 0.717) is 15.7 Å². The molecule has 4 rings (SSSR count). The lowest BCUT2D eigenvalue weighted by molar-refractivity contribution is -0.274. The Morgan fingerprint density at radius 3 is 2.48 bits per heavy atom. The second kappa shape index (κ2) is 6.80. The summed E-state index contributed by atoms with van der Waals surface area (Å²) in [6, 6.07) is 8.03. The maximum Gasteiger partial charge on any atom is 0.573 e. The van der Waals surface area contributed by atoms with Crippen LogP contribution in [-0.2, 0) is 0 Å². The van der Waals surface area contributed by atoms with Gasteiger partial charge in [-0.25, -0.2) is 0 Å². The fourth-order valence-corrected chi connectivity index (χ4v) is 4.59. The van der Waals surface area contributed by atoms with E-state index < -0.39 is 12.1 Å². The van der Waals surface area contributed by atoms with Gasteiger partial charge in [-0.3, -0.25) is 0 Å². The van der Waals surface area contributed by atoms with Crippen LogP contribution in [-0.4, -0.2) is 6.36 Å². The molecule has 142 valence electrons. The molecule has 3 unspecified atom stereocenters. The van der Waals surface area contributed by atoms with Gasteiger partial charge in [0.15, 0.2) is 0 Å². The number of hydrogen-bond donors (Lipinski definition) is 1. The smallest absolute Gasteiger partial charge is 0.404 e. The van der Waals surface area contributed by atoms with Crippen molar-refractivity contribution in [2.45, 2.75) is 24.7 Å². The molecule has 0 bridgehead atoms. The highest BCUT2D eigenvalue weighted by atomic mass is 35.5. The van der Waals surface area contributed by atoms with Crippen LogP contribution in [0.1, 0.15) is 29.5 Å². The molecule has 2 aromatic carbocycles. The zero-order chi connectivity index (χ0) is 19.3. The molecule has 0 saturated carbocycles. The van der Waals surface area contributed by atoms with Crippen molar-refractivity contribution in [2.24, 2.45) is 5.92 Å². The minimum absolute atomic E-state index is 0.0640. The molecular formula is C19H13Cl3F3NO. The predicted molar refractivity (Wildman–Crippen MR) is 101 cm³/mol. The van der Waals surface area contributed by atoms with E-state index >= 15 is 0 Å². The molecule has 0 spiro atoms. The maximum atomic E-state index is 12.6. The molecule has 2 nitrogen and oxygen atoms in total. The van der Waals surface area contributed by atoms with E-state index in [9.17, 15) is 13.2 Å². The van der Waals surface area contributed by atoms with Crippen molar-refractivity contribution in [2.75, 3.05) is 5.32 Å². The zero-order valence-electron chi connectivity index (χ0n) is 13.7. The summed E-state index contributed by atoms with van der Waals surface area (Å²) >= 11 is 18.4. The van der Waals surface area contributed by atoms with E-state index in [4.69, 9.17) is 34.8 Å². The van der Waals surface area contributed by atoms with Crippen LogP contribution in [0.25, 0.3) is 0 Å². The van der Waals surface area contributed by atoms with Gasteiger partial charge in [0.05, 0.1) is 11.1 Å². The maximum absolute atomic E-state index is 12.6. The first-order chi connectivity index (χ1) is 12.7. The lowest BCUT2D eigenvalue weighted by Gasteiger charge is -2.38. The predicted octanol–water partition coefficient (Wildman–Crippen LogP) is 7.37. The van der Waals surface area contributed by atoms with Crippen LogP contribution in [0, 0.1) is 5.92 Å². The van der Waals surface area contributed by atoms with Gasteiger partial charge in [-0.1, -0.05) is 53.0 Å². The summed E-state index contributed by atoms with van der Waals surface area (Å²) in [7, 11) is 0. The number of fused-ring (bicyclic) bond motifs is 3. The van der Waals surface area contributed by atoms with Crippen LogP contribution in [0.15, 0.2) is 42.5 Å². The van der Waals surface area contributed by atoms with E-state index in [1.54, 1.807) is 12.1 Å². The van der Waals surface area contributed by atoms with Gasteiger partial charge >= 0.3 is 6.36 Å². The minimum atomic E-state index is -4.80. The van der Waals surface area contributed by atoms with Crippen molar-refractivity contribution < 1.29 is 17.9 Å². The first-order valence-corrected chi connectivity index (χ1v) is 9.33. The number of benzene rings is 2. The fraction of sp³-hybridized carbons (Fsp3) is 0.263. The van der Waals surface area contributed by atoms with Crippen molar-refractivity contribution in [1.82, 2.24) is 0 Å². The Labute approximate surface area is 168 Å². The quantitative estimate of drug-likeness (QED) is 0.498. The number of halogens is 6. The third kappa shape index (κ3) is 3.60. The number of allylic oxidation sites excluding steroid dienone is 2. The highest BCUT2D eigenvalue weighted by Crippen LogP contribution is 2.52. The molecule has 0 fully saturated rings. The Balaban J connectivity index is 1.76. The van der Waals surface area contributed by atoms with Crippen LogP contribution in [0.5, 0.6) is 5.75 Å². The first-order valence-electron chi connectivity index (χ1n) is 8.20. The van der Waals surface area contributed by atoms with E-state index in [-0.39, 0.29) is 22.9 Å². The summed E-state index contributed by atoms with van der Waals surface area (Å²) in [4.78, 5) is 0. The average molecular weight is 435 g/mol. The Morgan fingerprint density at radius 2 is 1.78 bits per heavy atom. The number of rotatable bonds is 2. The Kier molecular flexibility index (Phi) is 4.73. The summed E-state index contributed by atoms with van der Waals surface area (Å²) in [5.41, 5.74) is 2.27. The van der Waals surface area contributed by atoms with Crippen molar-refractivity contribution in [1.29, 1.82) is 0 Å². The number of ether oxygens (including phenoxy) is 1. The third-order valence-electron chi connectivity index (χ3n) is 4.94. The first kappa shape index (κ1) is 18.8. The fourth-order valence-electron chi connectivity index (χ4n) is 3.86. The molecule has 0 aromatic heterocycles. The van der Waals surface area contributed by atoms with Gasteiger partial charge in [0.25, 0.3) is 0 Å². The van der Waals surface area contributed by atoms with E-state index in [0.717, 1.165) is 17.5 Å². The molecule has 8 heteroatoms. The molecule has 27 heavy (non-hydrogen) atoms. The molecule has 1 heterocycles. The van der Waals surface area contributed by atoms with Gasteiger partial charge in [0, 0.05) is 21.7 Å². The van der Waals surface area contributed by atoms with Crippen molar-refractivity contribution >= 4 is 40.5 Å². The van der Waals surface area contributed by atoms with Gasteiger partial charge in [0.2, 0.25) is 0 Å². The number of hydrogen-bond acceptors (Lipinski definition) is 2. The second-order valence-corrected chi connectivity index (χ2v) is 7.81. The topological polar surface area (TPSA) is 21.3 Å². The average Bonchev–Trinajstić information content (AvgIpc) is 3.04. The highest BCUT2D eigenvalue weighted by Gasteiger charge is 2.40. The van der Waals surface area contributed by atoms with E-state index in [1.165, 1.54) is 12.1 Å². The molecule has 0 amide bonds. The van der Waals surface area contributed by atoms with Gasteiger partial charge in [-0.2, -0.15) is 0 Å². The number of nitrogens with one attached hydrogen (secondary N) is 1. The zero-order valence-corrected chi connectivity index (χ0v) is 15.9. The van der Waals surface area contributed by atoms with E-state index in [1.807, 2.05) is 18.2 Å². The standard InChI is InChI=1S/C19H13Cl3F3NO/c20-9-4-5-12(14(21)6-9)18-11-3-1-2-10(11)13-7-17(27-19(23,24)25)15(22)8-16(13)26-18/h1-2,4-8,10-11,18,26H,3H2. The molecule has 2 aliphatic rings. The van der Waals surface area contributed by atoms with Gasteiger partial charge in [-0.05, 0) is 47.7 Å². The van der Waals surface area contributed by atoms with Crippen molar-refractivity contribution in [3.8, 4) is 5.75 Å². The van der Waals surface area contributed by atoms with Crippen LogP contribution in [0.2, 0.25) is 15.1 Å². The Hall–Kier alpha value is -1.56. The van der Waals surface area contributed by atoms with Gasteiger partial charge in [0.1, 0.15) is 5.75 Å². The molecule has 1 N–H and O–H groups in total. The highest BCUT2D eigenvalue weighted by molar-refractivity contribution is 6.35. The van der Waals surface area contributed by atoms with Crippen molar-refractivity contribution in [3.05, 3.63) is 68.7 Å². The summed E-state index contributed by atoms with van der Waals surface area (Å²) in [6.07, 6.45) is 0.0113. The van der Waals surface area contributed by atoms with Crippen LogP contribution >= 0.6 is 34.8 Å². The summed E-state index contributed by atoms with van der Waals surface area (Å²) in [5, 5.41) is 4.35. The molecule has 0 saturated heterocycles. The molecule has 3 atom stereocenters. The minimum Gasteiger partial charge on any atom is -0.404 e. The van der Waals surface area contributed by atoms with Crippen LogP contribution in [0.4, 0.5) is 18.9 Å². The van der Waals surface area contributed by atoms with Crippen LogP contribution in [0.3, 0.4) is 0 Å². The lowest BCUT2D eigenvalue weighted by atomic mass is 9.77. The molecular weight excluding hydrogens is 422 g/mol. The van der Waals surface area contributed by atoms with Gasteiger partial charge in [-0.15, -0.1) is 13.2 Å². The summed E-state index contributed by atoms with van der Waals surface area (Å²) < 4.78 is 42.0. The monoisotopic (exact) mass is 433 g/mol. The normalized spacial score (nSPS) is 23.6. The largest absolute Gasteiger partial charge is 0.573 e. The van der Waals surface area contributed by atoms with Gasteiger partial charge < -0.3 is 10.1 Å². The molecule has 2 aromatic rings. The molecule has 1 aliphatic heterocycles. The number of anilines is 1. The lowest BCUT2D eigenvalue weighted by Crippen LogP contribution is -2.29. The number of alkyl halides is 3. The summed E-state index contributed by atoms with van der Waals surface area (Å²) in [6.45, 7) is 0. The SMILES string of the molecule is FC(F)(F)Oc1cc2c(cc1Cl)NC(c1ccc(Cl)cc1Cl)C1CC=CC21. The van der Waals surface area contributed by atoms with Crippen LogP contribution < -0.4 is 10.1 Å². The Morgan fingerprint density at radius 1 is 1.00 bits per heavy atom. The second-order valence-electron chi connectivity index (χ2n) is 6.56. The molecule has 0 radical (unpaired) electrons.